The molecule has 1 aromatic carbocycles. The zero-order chi connectivity index (χ0) is 16.6. The van der Waals surface area contributed by atoms with Crippen molar-refractivity contribution in [3.8, 4) is 0 Å². The molecule has 23 heavy (non-hydrogen) atoms. The highest BCUT2D eigenvalue weighted by molar-refractivity contribution is 9.10. The average molecular weight is 381 g/mol. The number of primary amides is 1. The Hall–Kier alpha value is -1.73. The maximum atomic E-state index is 12.7. The molecule has 3 amide bonds. The minimum atomic E-state index is -0.409. The van der Waals surface area contributed by atoms with Crippen molar-refractivity contribution >= 4 is 39.3 Å². The van der Waals surface area contributed by atoms with Gasteiger partial charge in [0.25, 0.3) is 5.91 Å². The van der Waals surface area contributed by atoms with Crippen molar-refractivity contribution in [2.24, 2.45) is 11.7 Å². The van der Waals surface area contributed by atoms with Gasteiger partial charge in [-0.2, -0.15) is 0 Å². The zero-order valence-corrected chi connectivity index (χ0v) is 14.2. The first kappa shape index (κ1) is 16.1. The fourth-order valence-electron chi connectivity index (χ4n) is 3.47. The van der Waals surface area contributed by atoms with Gasteiger partial charge in [-0.3, -0.25) is 14.4 Å². The number of hydrogen-bond donors (Lipinski definition) is 2. The van der Waals surface area contributed by atoms with Crippen molar-refractivity contribution in [3.05, 3.63) is 28.7 Å². The SMILES string of the molecule is NC(=O)[C@H]1CCC[NH+]([C@H]2CC(=O)N(c3ccc(Br)cc3)C2=O)C1. The van der Waals surface area contributed by atoms with Gasteiger partial charge in [-0.25, -0.2) is 4.90 Å². The molecule has 7 heteroatoms. The number of rotatable bonds is 3. The van der Waals surface area contributed by atoms with Gasteiger partial charge >= 0.3 is 0 Å². The standard InChI is InChI=1S/C16H18BrN3O3/c17-11-3-5-12(6-4-11)20-14(21)8-13(16(20)23)19-7-1-2-10(9-19)15(18)22/h3-6,10,13H,1-2,7-9H2,(H2,18,22)/p+1/t10-,13-/m0/s1. The van der Waals surface area contributed by atoms with E-state index in [1.165, 1.54) is 4.90 Å². The first-order valence-electron chi connectivity index (χ1n) is 7.73. The summed E-state index contributed by atoms with van der Waals surface area (Å²) in [6.07, 6.45) is 1.80. The van der Waals surface area contributed by atoms with Crippen LogP contribution in [0.3, 0.4) is 0 Å². The first-order valence-corrected chi connectivity index (χ1v) is 8.53. The summed E-state index contributed by atoms with van der Waals surface area (Å²) >= 11 is 3.34. The summed E-state index contributed by atoms with van der Waals surface area (Å²) in [5, 5.41) is 0. The zero-order valence-electron chi connectivity index (χ0n) is 12.6. The normalized spacial score (nSPS) is 28.2. The molecule has 122 valence electrons. The fraction of sp³-hybridized carbons (Fsp3) is 0.438. The number of halogens is 1. The second kappa shape index (κ2) is 6.41. The molecule has 0 spiro atoms. The maximum Gasteiger partial charge on any atom is 0.292 e. The second-order valence-corrected chi connectivity index (χ2v) is 7.07. The van der Waals surface area contributed by atoms with Gasteiger partial charge in [-0.1, -0.05) is 15.9 Å². The summed E-state index contributed by atoms with van der Waals surface area (Å²) in [7, 11) is 0. The molecule has 2 saturated heterocycles. The topological polar surface area (TPSA) is 84.9 Å². The predicted octanol–water partition coefficient (Wildman–Crippen LogP) is -0.139. The van der Waals surface area contributed by atoms with Gasteiger partial charge in [0.05, 0.1) is 31.1 Å². The summed E-state index contributed by atoms with van der Waals surface area (Å²) < 4.78 is 0.892. The van der Waals surface area contributed by atoms with Gasteiger partial charge < -0.3 is 10.6 Å². The molecule has 2 fully saturated rings. The number of nitrogens with zero attached hydrogens (tertiary/aromatic N) is 1. The molecule has 3 atom stereocenters. The summed E-state index contributed by atoms with van der Waals surface area (Å²) in [6.45, 7) is 1.33. The number of nitrogens with one attached hydrogen (secondary N) is 1. The Balaban J connectivity index is 1.78. The number of amides is 3. The molecule has 3 rings (SSSR count). The minimum Gasteiger partial charge on any atom is -0.369 e. The predicted molar refractivity (Wildman–Crippen MR) is 87.7 cm³/mol. The average Bonchev–Trinajstić information content (AvgIpc) is 2.83. The van der Waals surface area contributed by atoms with Crippen LogP contribution in [0.4, 0.5) is 5.69 Å². The molecule has 0 aliphatic carbocycles. The number of likely N-dealkylation sites (tertiary alicyclic amines) is 1. The number of carbonyl (C=O) groups excluding carboxylic acids is 3. The molecule has 1 unspecified atom stereocenters. The molecular weight excluding hydrogens is 362 g/mol. The van der Waals surface area contributed by atoms with Crippen LogP contribution in [0.25, 0.3) is 0 Å². The lowest BCUT2D eigenvalue weighted by Gasteiger charge is -2.31. The van der Waals surface area contributed by atoms with E-state index < -0.39 is 6.04 Å². The monoisotopic (exact) mass is 380 g/mol. The maximum absolute atomic E-state index is 12.7. The summed E-state index contributed by atoms with van der Waals surface area (Å²) in [4.78, 5) is 38.7. The summed E-state index contributed by atoms with van der Waals surface area (Å²) in [5.74, 6) is -0.888. The number of nitrogens with two attached hydrogens (primary N) is 1. The van der Waals surface area contributed by atoms with Crippen LogP contribution in [-0.2, 0) is 14.4 Å². The highest BCUT2D eigenvalue weighted by Gasteiger charge is 2.47. The molecular formula is C16H19BrN3O3+. The number of quaternary nitrogens is 1. The lowest BCUT2D eigenvalue weighted by molar-refractivity contribution is -0.922. The fourth-order valence-corrected chi connectivity index (χ4v) is 3.73. The second-order valence-electron chi connectivity index (χ2n) is 6.15. The third-order valence-corrected chi connectivity index (χ3v) is 5.21. The van der Waals surface area contributed by atoms with E-state index in [0.717, 1.165) is 28.8 Å². The molecule has 1 aromatic rings. The van der Waals surface area contributed by atoms with E-state index in [9.17, 15) is 14.4 Å². The number of piperidine rings is 1. The van der Waals surface area contributed by atoms with Crippen molar-refractivity contribution < 1.29 is 19.3 Å². The Kier molecular flexibility index (Phi) is 4.50. The Labute approximate surface area is 142 Å². The quantitative estimate of drug-likeness (QED) is 0.715. The van der Waals surface area contributed by atoms with E-state index in [0.29, 0.717) is 12.2 Å². The smallest absolute Gasteiger partial charge is 0.292 e. The van der Waals surface area contributed by atoms with E-state index in [4.69, 9.17) is 5.73 Å². The first-order chi connectivity index (χ1) is 11.0. The largest absolute Gasteiger partial charge is 0.369 e. The molecule has 0 saturated carbocycles. The van der Waals surface area contributed by atoms with E-state index in [2.05, 4.69) is 15.9 Å². The van der Waals surface area contributed by atoms with E-state index >= 15 is 0 Å². The summed E-state index contributed by atoms with van der Waals surface area (Å²) in [5.41, 5.74) is 5.99. The van der Waals surface area contributed by atoms with Crippen LogP contribution in [0.15, 0.2) is 28.7 Å². The molecule has 0 bridgehead atoms. The van der Waals surface area contributed by atoms with Gasteiger partial charge in [-0.05, 0) is 37.1 Å². The van der Waals surface area contributed by atoms with Crippen molar-refractivity contribution in [3.63, 3.8) is 0 Å². The molecule has 2 heterocycles. The molecule has 3 N–H and O–H groups in total. The third-order valence-electron chi connectivity index (χ3n) is 4.69. The van der Waals surface area contributed by atoms with Crippen LogP contribution < -0.4 is 15.5 Å². The molecule has 0 radical (unpaired) electrons. The Morgan fingerprint density at radius 1 is 1.26 bits per heavy atom. The molecule has 0 aromatic heterocycles. The third kappa shape index (κ3) is 3.16. The van der Waals surface area contributed by atoms with Gasteiger partial charge in [0.15, 0.2) is 6.04 Å². The summed E-state index contributed by atoms with van der Waals surface area (Å²) in [6, 6.07) is 6.70. The van der Waals surface area contributed by atoms with Crippen molar-refractivity contribution in [1.29, 1.82) is 0 Å². The molecule has 2 aliphatic rings. The van der Waals surface area contributed by atoms with Crippen LogP contribution >= 0.6 is 15.9 Å². The minimum absolute atomic E-state index is 0.183. The van der Waals surface area contributed by atoms with Crippen LogP contribution in [0.2, 0.25) is 0 Å². The van der Waals surface area contributed by atoms with E-state index in [1.807, 2.05) is 0 Å². The number of imide groups is 1. The van der Waals surface area contributed by atoms with Gasteiger partial charge in [0.1, 0.15) is 0 Å². The molecule has 2 aliphatic heterocycles. The highest BCUT2D eigenvalue weighted by atomic mass is 79.9. The Morgan fingerprint density at radius 2 is 1.96 bits per heavy atom. The Bertz CT molecular complexity index is 646. The molecule has 6 nitrogen and oxygen atoms in total. The lowest BCUT2D eigenvalue weighted by atomic mass is 9.96. The highest BCUT2D eigenvalue weighted by Crippen LogP contribution is 2.24. The van der Waals surface area contributed by atoms with E-state index in [-0.39, 0.29) is 30.1 Å². The van der Waals surface area contributed by atoms with Crippen LogP contribution in [-0.4, -0.2) is 36.9 Å². The van der Waals surface area contributed by atoms with Crippen LogP contribution in [0.1, 0.15) is 19.3 Å². The van der Waals surface area contributed by atoms with Gasteiger partial charge in [0, 0.05) is 4.47 Å². The number of benzene rings is 1. The lowest BCUT2D eigenvalue weighted by Crippen LogP contribution is -3.18. The van der Waals surface area contributed by atoms with Gasteiger partial charge in [-0.15, -0.1) is 0 Å². The van der Waals surface area contributed by atoms with Crippen molar-refractivity contribution in [2.75, 3.05) is 18.0 Å². The van der Waals surface area contributed by atoms with Crippen molar-refractivity contribution in [1.82, 2.24) is 0 Å². The van der Waals surface area contributed by atoms with E-state index in [1.54, 1.807) is 24.3 Å². The van der Waals surface area contributed by atoms with Crippen molar-refractivity contribution in [2.45, 2.75) is 25.3 Å². The number of carbonyl (C=O) groups is 3. The number of anilines is 1. The number of hydrogen-bond acceptors (Lipinski definition) is 3. The Morgan fingerprint density at radius 3 is 2.61 bits per heavy atom. The van der Waals surface area contributed by atoms with Crippen LogP contribution in [0, 0.1) is 5.92 Å². The van der Waals surface area contributed by atoms with Crippen LogP contribution in [0.5, 0.6) is 0 Å². The van der Waals surface area contributed by atoms with Gasteiger partial charge in [0.2, 0.25) is 11.8 Å².